The minimum atomic E-state index is -3.05. The van der Waals surface area contributed by atoms with Crippen molar-refractivity contribution in [2.24, 2.45) is 0 Å². The number of anilines is 1. The van der Waals surface area contributed by atoms with Crippen molar-refractivity contribution in [3.63, 3.8) is 0 Å². The van der Waals surface area contributed by atoms with Crippen molar-refractivity contribution < 1.29 is 18.1 Å². The van der Waals surface area contributed by atoms with Gasteiger partial charge in [-0.05, 0) is 25.0 Å². The van der Waals surface area contributed by atoms with Gasteiger partial charge in [0, 0.05) is 6.04 Å². The van der Waals surface area contributed by atoms with Gasteiger partial charge in [0.1, 0.15) is 11.4 Å². The molecule has 1 atom stereocenters. The maximum Gasteiger partial charge on any atom is 0.296 e. The van der Waals surface area contributed by atoms with Crippen LogP contribution in [-0.4, -0.2) is 38.0 Å². The summed E-state index contributed by atoms with van der Waals surface area (Å²) in [4.78, 5) is 10.5. The van der Waals surface area contributed by atoms with Crippen LogP contribution in [0.1, 0.15) is 12.8 Å². The molecule has 1 saturated heterocycles. The van der Waals surface area contributed by atoms with Gasteiger partial charge in [-0.2, -0.15) is 0 Å². The number of rotatable bonds is 4. The Kier molecular flexibility index (Phi) is 4.12. The highest BCUT2D eigenvalue weighted by atomic mass is 32.2. The van der Waals surface area contributed by atoms with Crippen LogP contribution in [0.5, 0.6) is 5.75 Å². The van der Waals surface area contributed by atoms with Crippen molar-refractivity contribution in [3.05, 3.63) is 28.3 Å². The summed E-state index contributed by atoms with van der Waals surface area (Å²) in [5.74, 6) is 0.588. The molecule has 1 heterocycles. The SMILES string of the molecule is COc1ccc(NC2CCCS(=O)(=O)C2)c([N+](=O)[O-])c1. The minimum absolute atomic E-state index is 0.0101. The van der Waals surface area contributed by atoms with Crippen molar-refractivity contribution in [2.45, 2.75) is 18.9 Å². The van der Waals surface area contributed by atoms with Crippen LogP contribution in [0.25, 0.3) is 0 Å². The van der Waals surface area contributed by atoms with E-state index in [0.29, 0.717) is 24.3 Å². The summed E-state index contributed by atoms with van der Waals surface area (Å²) in [7, 11) is -1.62. The molecule has 1 aromatic carbocycles. The molecule has 0 radical (unpaired) electrons. The second kappa shape index (κ2) is 5.66. The first-order valence-electron chi connectivity index (χ1n) is 6.21. The van der Waals surface area contributed by atoms with E-state index < -0.39 is 14.8 Å². The monoisotopic (exact) mass is 300 g/mol. The molecule has 0 amide bonds. The van der Waals surface area contributed by atoms with Gasteiger partial charge in [-0.3, -0.25) is 10.1 Å². The summed E-state index contributed by atoms with van der Waals surface area (Å²) < 4.78 is 28.1. The van der Waals surface area contributed by atoms with Crippen LogP contribution in [0.15, 0.2) is 18.2 Å². The Hall–Kier alpha value is -1.83. The highest BCUT2D eigenvalue weighted by Gasteiger charge is 2.26. The summed E-state index contributed by atoms with van der Waals surface area (Å²) in [6.07, 6.45) is 1.26. The van der Waals surface area contributed by atoms with E-state index in [4.69, 9.17) is 4.74 Å². The van der Waals surface area contributed by atoms with Crippen molar-refractivity contribution in [2.75, 3.05) is 23.9 Å². The molecular formula is C12H16N2O5S. The number of ether oxygens (including phenoxy) is 1. The van der Waals surface area contributed by atoms with E-state index in [1.165, 1.54) is 19.2 Å². The number of nitro benzene ring substituents is 1. The maximum atomic E-state index is 11.6. The Labute approximate surface area is 117 Å². The zero-order valence-corrected chi connectivity index (χ0v) is 11.9. The molecule has 20 heavy (non-hydrogen) atoms. The van der Waals surface area contributed by atoms with Gasteiger partial charge in [0.05, 0.1) is 29.6 Å². The number of sulfone groups is 1. The number of benzene rings is 1. The zero-order valence-electron chi connectivity index (χ0n) is 11.0. The van der Waals surface area contributed by atoms with E-state index in [-0.39, 0.29) is 23.2 Å². The van der Waals surface area contributed by atoms with E-state index in [1.54, 1.807) is 6.07 Å². The predicted molar refractivity (Wildman–Crippen MR) is 74.9 cm³/mol. The van der Waals surface area contributed by atoms with Crippen molar-refractivity contribution >= 4 is 21.2 Å². The van der Waals surface area contributed by atoms with Gasteiger partial charge in [-0.25, -0.2) is 8.42 Å². The van der Waals surface area contributed by atoms with E-state index >= 15 is 0 Å². The fourth-order valence-corrected chi connectivity index (χ4v) is 3.90. The largest absolute Gasteiger partial charge is 0.496 e. The molecule has 1 aliphatic heterocycles. The molecule has 110 valence electrons. The van der Waals surface area contributed by atoms with Crippen LogP contribution in [0.4, 0.5) is 11.4 Å². The Morgan fingerprint density at radius 2 is 2.20 bits per heavy atom. The molecule has 0 aliphatic carbocycles. The van der Waals surface area contributed by atoms with Gasteiger partial charge >= 0.3 is 0 Å². The maximum absolute atomic E-state index is 11.6. The quantitative estimate of drug-likeness (QED) is 0.669. The van der Waals surface area contributed by atoms with Gasteiger partial charge in [-0.15, -0.1) is 0 Å². The predicted octanol–water partition coefficient (Wildman–Crippen LogP) is 1.59. The van der Waals surface area contributed by atoms with Crippen LogP contribution < -0.4 is 10.1 Å². The summed E-state index contributed by atoms with van der Waals surface area (Å²) in [5.41, 5.74) is 0.199. The van der Waals surface area contributed by atoms with Gasteiger partial charge in [0.15, 0.2) is 9.84 Å². The molecule has 0 spiro atoms. The number of hydrogen-bond acceptors (Lipinski definition) is 6. The number of nitro groups is 1. The van der Waals surface area contributed by atoms with Crippen LogP contribution in [0, 0.1) is 10.1 Å². The van der Waals surface area contributed by atoms with E-state index in [0.717, 1.165) is 0 Å². The standard InChI is InChI=1S/C12H16N2O5S/c1-19-10-4-5-11(12(7-10)14(15)16)13-9-3-2-6-20(17,18)8-9/h4-5,7,9,13H,2-3,6,8H2,1H3. The average molecular weight is 300 g/mol. The first-order chi connectivity index (χ1) is 9.41. The summed E-state index contributed by atoms with van der Waals surface area (Å²) >= 11 is 0. The normalized spacial score (nSPS) is 21.1. The zero-order chi connectivity index (χ0) is 14.8. The molecule has 1 unspecified atom stereocenters. The molecule has 1 N–H and O–H groups in total. The minimum Gasteiger partial charge on any atom is -0.496 e. The number of methoxy groups -OCH3 is 1. The van der Waals surface area contributed by atoms with Crippen LogP contribution in [0.3, 0.4) is 0 Å². The Balaban J connectivity index is 2.22. The lowest BCUT2D eigenvalue weighted by Crippen LogP contribution is -2.34. The van der Waals surface area contributed by atoms with E-state index in [1.807, 2.05) is 0 Å². The third-order valence-electron chi connectivity index (χ3n) is 3.22. The average Bonchev–Trinajstić information content (AvgIpc) is 2.37. The Bertz CT molecular complexity index is 614. The molecule has 7 nitrogen and oxygen atoms in total. The van der Waals surface area contributed by atoms with Crippen LogP contribution >= 0.6 is 0 Å². The topological polar surface area (TPSA) is 98.5 Å². The van der Waals surface area contributed by atoms with Gasteiger partial charge in [0.25, 0.3) is 5.69 Å². The van der Waals surface area contributed by atoms with E-state index in [2.05, 4.69) is 5.32 Å². The van der Waals surface area contributed by atoms with Gasteiger partial charge in [-0.1, -0.05) is 0 Å². The Morgan fingerprint density at radius 1 is 1.45 bits per heavy atom. The Morgan fingerprint density at radius 3 is 2.80 bits per heavy atom. The molecule has 1 aromatic rings. The second-order valence-electron chi connectivity index (χ2n) is 4.74. The molecule has 0 saturated carbocycles. The number of hydrogen-bond donors (Lipinski definition) is 1. The molecule has 0 bridgehead atoms. The van der Waals surface area contributed by atoms with E-state index in [9.17, 15) is 18.5 Å². The van der Waals surface area contributed by atoms with Crippen molar-refractivity contribution in [1.82, 2.24) is 0 Å². The molecule has 2 rings (SSSR count). The number of nitrogens with one attached hydrogen (secondary N) is 1. The van der Waals surface area contributed by atoms with Gasteiger partial charge in [0.2, 0.25) is 0 Å². The van der Waals surface area contributed by atoms with Gasteiger partial charge < -0.3 is 10.1 Å². The molecule has 1 fully saturated rings. The first kappa shape index (κ1) is 14.6. The van der Waals surface area contributed by atoms with Crippen molar-refractivity contribution in [1.29, 1.82) is 0 Å². The molecule has 8 heteroatoms. The molecule has 1 aliphatic rings. The molecular weight excluding hydrogens is 284 g/mol. The second-order valence-corrected chi connectivity index (χ2v) is 6.97. The van der Waals surface area contributed by atoms with Crippen LogP contribution in [0.2, 0.25) is 0 Å². The third kappa shape index (κ3) is 3.38. The first-order valence-corrected chi connectivity index (χ1v) is 8.03. The lowest BCUT2D eigenvalue weighted by atomic mass is 10.1. The number of nitrogens with zero attached hydrogens (tertiary/aromatic N) is 1. The summed E-state index contributed by atoms with van der Waals surface area (Å²) in [5, 5.41) is 14.0. The highest BCUT2D eigenvalue weighted by Crippen LogP contribution is 2.30. The van der Waals surface area contributed by atoms with Crippen LogP contribution in [-0.2, 0) is 9.84 Å². The summed E-state index contributed by atoms with van der Waals surface area (Å²) in [6, 6.07) is 4.17. The van der Waals surface area contributed by atoms with Crippen molar-refractivity contribution in [3.8, 4) is 5.75 Å². The lowest BCUT2D eigenvalue weighted by molar-refractivity contribution is -0.384. The highest BCUT2D eigenvalue weighted by molar-refractivity contribution is 7.91. The fraction of sp³-hybridized carbons (Fsp3) is 0.500. The fourth-order valence-electron chi connectivity index (χ4n) is 2.27. The lowest BCUT2D eigenvalue weighted by Gasteiger charge is -2.23. The summed E-state index contributed by atoms with van der Waals surface area (Å²) in [6.45, 7) is 0. The molecule has 0 aromatic heterocycles. The third-order valence-corrected chi connectivity index (χ3v) is 5.05. The smallest absolute Gasteiger partial charge is 0.296 e.